The third-order valence-corrected chi connectivity index (χ3v) is 3.40. The lowest BCUT2D eigenvalue weighted by Crippen LogP contribution is -2.26. The molecule has 1 N–H and O–H groups in total. The molecule has 0 aliphatic carbocycles. The highest BCUT2D eigenvalue weighted by Crippen LogP contribution is 2.25. The van der Waals surface area contributed by atoms with Crippen LogP contribution in [0, 0.1) is 0 Å². The largest absolute Gasteiger partial charge is 0.467 e. The molecular formula is C17H17N3O. The Kier molecular flexibility index (Phi) is 4.07. The summed E-state index contributed by atoms with van der Waals surface area (Å²) in [6.45, 7) is 2.07. The summed E-state index contributed by atoms with van der Waals surface area (Å²) in [6.07, 6.45) is 6.86. The van der Waals surface area contributed by atoms with Crippen molar-refractivity contribution < 1.29 is 4.42 Å². The van der Waals surface area contributed by atoms with Crippen molar-refractivity contribution in [3.05, 3.63) is 84.3 Å². The van der Waals surface area contributed by atoms with E-state index >= 15 is 0 Å². The van der Waals surface area contributed by atoms with E-state index in [1.807, 2.05) is 30.3 Å². The zero-order valence-electron chi connectivity index (χ0n) is 11.8. The van der Waals surface area contributed by atoms with Crippen molar-refractivity contribution in [2.24, 2.45) is 0 Å². The van der Waals surface area contributed by atoms with E-state index in [1.165, 1.54) is 0 Å². The second-order valence-corrected chi connectivity index (χ2v) is 4.88. The first-order valence-electron chi connectivity index (χ1n) is 6.95. The maximum Gasteiger partial charge on any atom is 0.125 e. The molecule has 0 fully saturated rings. The molecule has 3 rings (SSSR count). The van der Waals surface area contributed by atoms with E-state index in [-0.39, 0.29) is 12.1 Å². The number of benzene rings is 1. The fourth-order valence-electron chi connectivity index (χ4n) is 2.31. The molecule has 0 amide bonds. The first kappa shape index (κ1) is 13.5. The van der Waals surface area contributed by atoms with E-state index < -0.39 is 0 Å². The highest BCUT2D eigenvalue weighted by molar-refractivity contribution is 5.27. The van der Waals surface area contributed by atoms with Crippen molar-refractivity contribution in [2.45, 2.75) is 19.0 Å². The van der Waals surface area contributed by atoms with Crippen LogP contribution in [0.1, 0.15) is 36.0 Å². The molecule has 0 aliphatic rings. The van der Waals surface area contributed by atoms with Gasteiger partial charge in [-0.15, -0.1) is 0 Å². The number of aromatic nitrogens is 2. The molecule has 2 heterocycles. The molecule has 3 aromatic rings. The fourth-order valence-corrected chi connectivity index (χ4v) is 2.31. The molecule has 0 saturated carbocycles. The summed E-state index contributed by atoms with van der Waals surface area (Å²) in [5.74, 6) is 0.886. The number of hydrogen-bond acceptors (Lipinski definition) is 4. The normalized spacial score (nSPS) is 13.8. The van der Waals surface area contributed by atoms with E-state index in [9.17, 15) is 0 Å². The zero-order valence-corrected chi connectivity index (χ0v) is 11.8. The Balaban J connectivity index is 1.87. The Labute approximate surface area is 123 Å². The Morgan fingerprint density at radius 2 is 1.90 bits per heavy atom. The van der Waals surface area contributed by atoms with Crippen molar-refractivity contribution in [2.75, 3.05) is 0 Å². The van der Waals surface area contributed by atoms with Gasteiger partial charge in [-0.2, -0.15) is 0 Å². The van der Waals surface area contributed by atoms with Gasteiger partial charge in [0.1, 0.15) is 5.76 Å². The number of rotatable bonds is 5. The van der Waals surface area contributed by atoms with Gasteiger partial charge in [0.25, 0.3) is 0 Å². The summed E-state index contributed by atoms with van der Waals surface area (Å²) in [5, 5.41) is 3.56. The van der Waals surface area contributed by atoms with Gasteiger partial charge in [0.05, 0.1) is 18.0 Å². The molecule has 21 heavy (non-hydrogen) atoms. The summed E-state index contributed by atoms with van der Waals surface area (Å²) in [7, 11) is 0. The first-order chi connectivity index (χ1) is 10.3. The predicted octanol–water partition coefficient (Wildman–Crippen LogP) is 3.51. The summed E-state index contributed by atoms with van der Waals surface area (Å²) in [6, 6.07) is 14.2. The fraction of sp³-hybridized carbons (Fsp3) is 0.176. The lowest BCUT2D eigenvalue weighted by molar-refractivity contribution is 0.415. The van der Waals surface area contributed by atoms with E-state index in [0.29, 0.717) is 0 Å². The van der Waals surface area contributed by atoms with Crippen LogP contribution in [0.2, 0.25) is 0 Å². The molecule has 106 valence electrons. The van der Waals surface area contributed by atoms with Crippen LogP contribution in [0.5, 0.6) is 0 Å². The molecular weight excluding hydrogens is 262 g/mol. The topological polar surface area (TPSA) is 51.0 Å². The SMILES string of the molecule is CC(NC(c1ccccc1)c1ccco1)c1cnccn1. The van der Waals surface area contributed by atoms with Crippen LogP contribution in [-0.4, -0.2) is 9.97 Å². The number of hydrogen-bond donors (Lipinski definition) is 1. The van der Waals surface area contributed by atoms with Crippen molar-refractivity contribution in [1.29, 1.82) is 0 Å². The smallest absolute Gasteiger partial charge is 0.125 e. The van der Waals surface area contributed by atoms with Crippen molar-refractivity contribution >= 4 is 0 Å². The number of furan rings is 1. The lowest BCUT2D eigenvalue weighted by atomic mass is 10.0. The van der Waals surface area contributed by atoms with Gasteiger partial charge < -0.3 is 4.42 Å². The molecule has 1 aromatic carbocycles. The van der Waals surface area contributed by atoms with Gasteiger partial charge in [0, 0.05) is 24.6 Å². The molecule has 4 nitrogen and oxygen atoms in total. The van der Waals surface area contributed by atoms with E-state index in [0.717, 1.165) is 17.0 Å². The average molecular weight is 279 g/mol. The highest BCUT2D eigenvalue weighted by atomic mass is 16.3. The Morgan fingerprint density at radius 3 is 2.57 bits per heavy atom. The van der Waals surface area contributed by atoms with E-state index in [1.54, 1.807) is 24.9 Å². The van der Waals surface area contributed by atoms with Crippen LogP contribution < -0.4 is 5.32 Å². The minimum atomic E-state index is -0.0155. The summed E-state index contributed by atoms with van der Waals surface area (Å²) < 4.78 is 5.59. The third kappa shape index (κ3) is 3.17. The molecule has 2 aromatic heterocycles. The van der Waals surface area contributed by atoms with Gasteiger partial charge in [0.2, 0.25) is 0 Å². The van der Waals surface area contributed by atoms with Crippen molar-refractivity contribution in [1.82, 2.24) is 15.3 Å². The van der Waals surface area contributed by atoms with Crippen LogP contribution in [-0.2, 0) is 0 Å². The summed E-state index contributed by atoms with van der Waals surface area (Å²) >= 11 is 0. The Hall–Kier alpha value is -2.46. The van der Waals surface area contributed by atoms with Crippen LogP contribution >= 0.6 is 0 Å². The monoisotopic (exact) mass is 279 g/mol. The molecule has 0 spiro atoms. The molecule has 2 atom stereocenters. The number of nitrogens with one attached hydrogen (secondary N) is 1. The molecule has 4 heteroatoms. The highest BCUT2D eigenvalue weighted by Gasteiger charge is 2.20. The van der Waals surface area contributed by atoms with Crippen molar-refractivity contribution in [3.63, 3.8) is 0 Å². The summed E-state index contributed by atoms with van der Waals surface area (Å²) in [5.41, 5.74) is 2.06. The molecule has 2 unspecified atom stereocenters. The van der Waals surface area contributed by atoms with Crippen LogP contribution in [0.4, 0.5) is 0 Å². The predicted molar refractivity (Wildman–Crippen MR) is 80.6 cm³/mol. The lowest BCUT2D eigenvalue weighted by Gasteiger charge is -2.21. The second-order valence-electron chi connectivity index (χ2n) is 4.88. The molecule has 0 aliphatic heterocycles. The minimum Gasteiger partial charge on any atom is -0.467 e. The maximum atomic E-state index is 5.59. The van der Waals surface area contributed by atoms with Gasteiger partial charge in [-0.3, -0.25) is 15.3 Å². The van der Waals surface area contributed by atoms with Gasteiger partial charge in [-0.05, 0) is 24.6 Å². The molecule has 0 radical (unpaired) electrons. The van der Waals surface area contributed by atoms with Gasteiger partial charge in [-0.25, -0.2) is 0 Å². The molecule has 0 saturated heterocycles. The van der Waals surface area contributed by atoms with Gasteiger partial charge in [0.15, 0.2) is 0 Å². The maximum absolute atomic E-state index is 5.59. The van der Waals surface area contributed by atoms with E-state index in [2.05, 4.69) is 34.3 Å². The summed E-state index contributed by atoms with van der Waals surface area (Å²) in [4.78, 5) is 8.47. The van der Waals surface area contributed by atoms with Crippen molar-refractivity contribution in [3.8, 4) is 0 Å². The van der Waals surface area contributed by atoms with Crippen LogP contribution in [0.25, 0.3) is 0 Å². The van der Waals surface area contributed by atoms with E-state index in [4.69, 9.17) is 4.42 Å². The molecule has 0 bridgehead atoms. The standard InChI is InChI=1S/C17H17N3O/c1-13(15-12-18-9-10-19-15)20-17(16-8-5-11-21-16)14-6-3-2-4-7-14/h2-13,17,20H,1H3. The second kappa shape index (κ2) is 6.33. The van der Waals surface area contributed by atoms with Crippen LogP contribution in [0.3, 0.4) is 0 Å². The minimum absolute atomic E-state index is 0.0155. The Bertz CT molecular complexity index is 653. The zero-order chi connectivity index (χ0) is 14.5. The van der Waals surface area contributed by atoms with Crippen LogP contribution in [0.15, 0.2) is 71.7 Å². The first-order valence-corrected chi connectivity index (χ1v) is 6.95. The number of nitrogens with zero attached hydrogens (tertiary/aromatic N) is 2. The van der Waals surface area contributed by atoms with Gasteiger partial charge >= 0.3 is 0 Å². The van der Waals surface area contributed by atoms with Gasteiger partial charge in [-0.1, -0.05) is 30.3 Å². The average Bonchev–Trinajstić information content (AvgIpc) is 3.08. The Morgan fingerprint density at radius 1 is 1.05 bits per heavy atom. The quantitative estimate of drug-likeness (QED) is 0.776. The third-order valence-electron chi connectivity index (χ3n) is 3.40.